The van der Waals surface area contributed by atoms with E-state index in [2.05, 4.69) is 0 Å². The van der Waals surface area contributed by atoms with Crippen LogP contribution in [-0.2, 0) is 9.59 Å². The maximum absolute atomic E-state index is 12.2. The van der Waals surface area contributed by atoms with E-state index >= 15 is 0 Å². The molecule has 2 rings (SSSR count). The topological polar surface area (TPSA) is 106 Å². The molecule has 0 aromatic heterocycles. The lowest BCUT2D eigenvalue weighted by Crippen LogP contribution is -2.39. The maximum Gasteiger partial charge on any atom is 0.324 e. The third kappa shape index (κ3) is 2.63. The van der Waals surface area contributed by atoms with Crippen molar-refractivity contribution >= 4 is 29.0 Å². The number of nitrogens with two attached hydrogens (primary N) is 2. The maximum atomic E-state index is 12.2. The van der Waals surface area contributed by atoms with Crippen LogP contribution in [-0.4, -0.2) is 17.6 Å². The molecule has 0 saturated carbocycles. The summed E-state index contributed by atoms with van der Waals surface area (Å²) in [5.74, 6) is -0.768. The summed E-state index contributed by atoms with van der Waals surface area (Å²) in [5, 5.41) is 0. The number of rotatable bonds is 2. The quantitative estimate of drug-likeness (QED) is 0.640. The highest BCUT2D eigenvalue weighted by atomic mass is 16.2. The second-order valence-electron chi connectivity index (χ2n) is 5.25. The van der Waals surface area contributed by atoms with Crippen LogP contribution in [0.5, 0.6) is 0 Å². The minimum absolute atomic E-state index is 0.0598. The van der Waals surface area contributed by atoms with Crippen LogP contribution in [0.4, 0.5) is 16.2 Å². The normalized spacial score (nSPS) is 14.5. The van der Waals surface area contributed by atoms with E-state index in [4.69, 9.17) is 11.5 Å². The molecular formula is C16H17N3O3. The van der Waals surface area contributed by atoms with Gasteiger partial charge in [0, 0.05) is 17.3 Å². The van der Waals surface area contributed by atoms with E-state index in [1.807, 2.05) is 0 Å². The Morgan fingerprint density at radius 3 is 2.23 bits per heavy atom. The van der Waals surface area contributed by atoms with Crippen LogP contribution < -0.4 is 16.4 Å². The molecule has 0 aliphatic heterocycles. The van der Waals surface area contributed by atoms with Crippen LogP contribution in [0, 0.1) is 13.8 Å². The molecule has 0 fully saturated rings. The zero-order valence-electron chi connectivity index (χ0n) is 12.6. The number of ketones is 2. The number of anilines is 2. The van der Waals surface area contributed by atoms with Gasteiger partial charge in [0.1, 0.15) is 5.70 Å². The van der Waals surface area contributed by atoms with E-state index < -0.39 is 11.8 Å². The summed E-state index contributed by atoms with van der Waals surface area (Å²) in [7, 11) is 0. The van der Waals surface area contributed by atoms with Gasteiger partial charge >= 0.3 is 6.03 Å². The standard InChI is InChI=1S/C16H17N3O3/c1-8-5-12(9(2)4-11(8)17)19(16(18)22)13-7-14(20)10(3)6-15(13)21/h4-7H,17H2,1-3H3,(H2,18,22). The lowest BCUT2D eigenvalue weighted by Gasteiger charge is -2.26. The van der Waals surface area contributed by atoms with Gasteiger partial charge in [-0.3, -0.25) is 14.5 Å². The molecule has 1 aromatic rings. The number of nitrogen functional groups attached to an aromatic ring is 1. The van der Waals surface area contributed by atoms with E-state index in [1.165, 1.54) is 6.08 Å². The second kappa shape index (κ2) is 5.48. The van der Waals surface area contributed by atoms with E-state index in [1.54, 1.807) is 32.9 Å². The van der Waals surface area contributed by atoms with Gasteiger partial charge in [-0.15, -0.1) is 0 Å². The van der Waals surface area contributed by atoms with Crippen LogP contribution in [0.3, 0.4) is 0 Å². The Bertz CT molecular complexity index is 760. The third-order valence-corrected chi connectivity index (χ3v) is 3.54. The van der Waals surface area contributed by atoms with Gasteiger partial charge in [0.2, 0.25) is 5.78 Å². The lowest BCUT2D eigenvalue weighted by atomic mass is 10.0. The van der Waals surface area contributed by atoms with Crippen molar-refractivity contribution in [2.45, 2.75) is 20.8 Å². The first kappa shape index (κ1) is 15.5. The van der Waals surface area contributed by atoms with Gasteiger partial charge in [-0.1, -0.05) is 0 Å². The number of benzene rings is 1. The molecule has 0 unspecified atom stereocenters. The van der Waals surface area contributed by atoms with E-state index in [9.17, 15) is 14.4 Å². The number of carbonyl (C=O) groups is 3. The molecule has 0 saturated heterocycles. The summed E-state index contributed by atoms with van der Waals surface area (Å²) in [6.45, 7) is 5.07. The number of allylic oxidation sites excluding steroid dienone is 3. The molecule has 0 heterocycles. The van der Waals surface area contributed by atoms with Gasteiger partial charge in [0.25, 0.3) is 0 Å². The first-order valence-electron chi connectivity index (χ1n) is 6.67. The predicted octanol–water partition coefficient (Wildman–Crippen LogP) is 1.75. The first-order chi connectivity index (χ1) is 10.2. The third-order valence-electron chi connectivity index (χ3n) is 3.54. The highest BCUT2D eigenvalue weighted by Gasteiger charge is 2.28. The summed E-state index contributed by atoms with van der Waals surface area (Å²) >= 11 is 0. The molecule has 1 aliphatic rings. The number of hydrogen-bond acceptors (Lipinski definition) is 4. The van der Waals surface area contributed by atoms with Gasteiger partial charge in [-0.2, -0.15) is 0 Å². The number of nitrogens with zero attached hydrogens (tertiary/aromatic N) is 1. The fraction of sp³-hybridized carbons (Fsp3) is 0.188. The highest BCUT2D eigenvalue weighted by molar-refractivity contribution is 6.23. The van der Waals surface area contributed by atoms with E-state index in [0.717, 1.165) is 16.5 Å². The lowest BCUT2D eigenvalue weighted by molar-refractivity contribution is -0.115. The van der Waals surface area contributed by atoms with Crippen molar-refractivity contribution < 1.29 is 14.4 Å². The molecular weight excluding hydrogens is 282 g/mol. The summed E-state index contributed by atoms with van der Waals surface area (Å²) in [6.07, 6.45) is 2.33. The molecule has 4 N–H and O–H groups in total. The summed E-state index contributed by atoms with van der Waals surface area (Å²) < 4.78 is 0. The number of urea groups is 1. The molecule has 1 aliphatic carbocycles. The van der Waals surface area contributed by atoms with Crippen LogP contribution in [0.25, 0.3) is 0 Å². The van der Waals surface area contributed by atoms with Crippen molar-refractivity contribution in [3.63, 3.8) is 0 Å². The summed E-state index contributed by atoms with van der Waals surface area (Å²) in [4.78, 5) is 36.9. The molecule has 0 spiro atoms. The van der Waals surface area contributed by atoms with Crippen molar-refractivity contribution in [2.24, 2.45) is 5.73 Å². The minimum atomic E-state index is -0.840. The van der Waals surface area contributed by atoms with Crippen LogP contribution in [0.1, 0.15) is 18.1 Å². The first-order valence-corrected chi connectivity index (χ1v) is 6.67. The number of primary amides is 1. The van der Waals surface area contributed by atoms with Crippen LogP contribution in [0.15, 0.2) is 35.6 Å². The van der Waals surface area contributed by atoms with Crippen LogP contribution >= 0.6 is 0 Å². The highest BCUT2D eigenvalue weighted by Crippen LogP contribution is 2.29. The molecule has 0 bridgehead atoms. The second-order valence-corrected chi connectivity index (χ2v) is 5.25. The van der Waals surface area contributed by atoms with Crippen molar-refractivity contribution in [3.8, 4) is 0 Å². The number of hydrogen-bond donors (Lipinski definition) is 2. The zero-order chi connectivity index (χ0) is 16.6. The van der Waals surface area contributed by atoms with Gasteiger partial charge in [0.15, 0.2) is 5.78 Å². The Hall–Kier alpha value is -2.89. The minimum Gasteiger partial charge on any atom is -0.399 e. The van der Waals surface area contributed by atoms with Crippen molar-refractivity contribution in [1.29, 1.82) is 0 Å². The molecule has 1 aromatic carbocycles. The molecule has 2 amide bonds. The molecule has 22 heavy (non-hydrogen) atoms. The van der Waals surface area contributed by atoms with Crippen molar-refractivity contribution in [3.05, 3.63) is 46.7 Å². The summed E-state index contributed by atoms with van der Waals surface area (Å²) in [6, 6.07) is 2.52. The Balaban J connectivity index is 2.61. The Morgan fingerprint density at radius 2 is 1.64 bits per heavy atom. The van der Waals surface area contributed by atoms with Crippen LogP contribution in [0.2, 0.25) is 0 Å². The van der Waals surface area contributed by atoms with Gasteiger partial charge in [0.05, 0.1) is 5.69 Å². The molecule has 0 radical (unpaired) electrons. The zero-order valence-corrected chi connectivity index (χ0v) is 12.6. The fourth-order valence-electron chi connectivity index (χ4n) is 2.26. The van der Waals surface area contributed by atoms with Gasteiger partial charge in [-0.25, -0.2) is 4.79 Å². The van der Waals surface area contributed by atoms with Gasteiger partial charge in [-0.05, 0) is 50.1 Å². The average Bonchev–Trinajstić information content (AvgIpc) is 2.41. The Labute approximate surface area is 128 Å². The molecule has 6 heteroatoms. The molecule has 114 valence electrons. The Morgan fingerprint density at radius 1 is 1.00 bits per heavy atom. The smallest absolute Gasteiger partial charge is 0.324 e. The van der Waals surface area contributed by atoms with E-state index in [-0.39, 0.29) is 11.5 Å². The number of carbonyl (C=O) groups excluding carboxylic acids is 3. The largest absolute Gasteiger partial charge is 0.399 e. The van der Waals surface area contributed by atoms with E-state index in [0.29, 0.717) is 22.5 Å². The Kier molecular flexibility index (Phi) is 3.86. The summed E-state index contributed by atoms with van der Waals surface area (Å²) in [5.41, 5.74) is 13.9. The number of aryl methyl sites for hydroxylation is 2. The average molecular weight is 299 g/mol. The molecule has 6 nitrogen and oxygen atoms in total. The monoisotopic (exact) mass is 299 g/mol. The number of amides is 2. The fourth-order valence-corrected chi connectivity index (χ4v) is 2.26. The predicted molar refractivity (Wildman–Crippen MR) is 84.2 cm³/mol. The van der Waals surface area contributed by atoms with Crippen molar-refractivity contribution in [2.75, 3.05) is 10.6 Å². The molecule has 0 atom stereocenters. The SMILES string of the molecule is CC1=CC(=O)C(N(C(N)=O)c2cc(C)c(N)cc2C)=CC1=O. The van der Waals surface area contributed by atoms with Gasteiger partial charge < -0.3 is 11.5 Å². The van der Waals surface area contributed by atoms with Crippen molar-refractivity contribution in [1.82, 2.24) is 0 Å².